The summed E-state index contributed by atoms with van der Waals surface area (Å²) in [6.07, 6.45) is 6.22. The molecule has 0 amide bonds. The molecule has 0 aliphatic heterocycles. The molecule has 1 fully saturated rings. The number of hydrogen-bond acceptors (Lipinski definition) is 2. The Morgan fingerprint density at radius 2 is 2.00 bits per heavy atom. The number of rotatable bonds is 7. The highest BCUT2D eigenvalue weighted by Gasteiger charge is 2.30. The number of nitrogens with two attached hydrogens (primary N) is 1. The Hall–Kier alpha value is -1.02. The van der Waals surface area contributed by atoms with Crippen molar-refractivity contribution in [1.82, 2.24) is 0 Å². The zero-order valence-corrected chi connectivity index (χ0v) is 11.7. The number of anilines is 1. The number of hydrogen-bond donors (Lipinski definition) is 1. The second-order valence-corrected chi connectivity index (χ2v) is 5.35. The Morgan fingerprint density at radius 1 is 1.28 bits per heavy atom. The van der Waals surface area contributed by atoms with Crippen molar-refractivity contribution < 1.29 is 0 Å². The van der Waals surface area contributed by atoms with Gasteiger partial charge in [-0.3, -0.25) is 0 Å². The maximum atomic E-state index is 6.26. The maximum Gasteiger partial charge on any atom is 0.0417 e. The van der Waals surface area contributed by atoms with Gasteiger partial charge >= 0.3 is 0 Å². The Kier molecular flexibility index (Phi) is 4.65. The minimum Gasteiger partial charge on any atom is -0.368 e. The first kappa shape index (κ1) is 13.4. The molecule has 0 heterocycles. The molecular weight excluding hydrogens is 220 g/mol. The molecule has 0 unspecified atom stereocenters. The summed E-state index contributed by atoms with van der Waals surface area (Å²) in [5.41, 5.74) is 8.96. The average molecular weight is 246 g/mol. The van der Waals surface area contributed by atoms with Crippen LogP contribution in [-0.2, 0) is 0 Å². The first-order chi connectivity index (χ1) is 8.77. The standard InChI is InChI=1S/C16H26N2/c1-3-5-12-18(13-10-11-13)16-9-7-6-8-14(16)15(17)4-2/h6-9,13,15H,3-5,10-12,17H2,1-2H3/t15-/m1/s1. The van der Waals surface area contributed by atoms with E-state index in [4.69, 9.17) is 5.73 Å². The van der Waals surface area contributed by atoms with Gasteiger partial charge in [0.1, 0.15) is 0 Å². The summed E-state index contributed by atoms with van der Waals surface area (Å²) >= 11 is 0. The Balaban J connectivity index is 2.22. The van der Waals surface area contributed by atoms with E-state index in [1.807, 2.05) is 0 Å². The number of unbranched alkanes of at least 4 members (excludes halogenated alkanes) is 1. The topological polar surface area (TPSA) is 29.3 Å². The van der Waals surface area contributed by atoms with E-state index >= 15 is 0 Å². The van der Waals surface area contributed by atoms with Gasteiger partial charge < -0.3 is 10.6 Å². The SMILES string of the molecule is CCCCN(c1ccccc1[C@H](N)CC)C1CC1. The lowest BCUT2D eigenvalue weighted by molar-refractivity contribution is 0.673. The zero-order valence-electron chi connectivity index (χ0n) is 11.7. The molecule has 100 valence electrons. The molecule has 2 nitrogen and oxygen atoms in total. The van der Waals surface area contributed by atoms with E-state index in [1.165, 1.54) is 43.5 Å². The summed E-state index contributed by atoms with van der Waals surface area (Å²) in [6, 6.07) is 9.64. The monoisotopic (exact) mass is 246 g/mol. The van der Waals surface area contributed by atoms with E-state index in [-0.39, 0.29) is 6.04 Å². The molecule has 1 atom stereocenters. The van der Waals surface area contributed by atoms with Crippen molar-refractivity contribution in [3.63, 3.8) is 0 Å². The first-order valence-electron chi connectivity index (χ1n) is 7.39. The molecule has 1 aromatic carbocycles. The fraction of sp³-hybridized carbons (Fsp3) is 0.625. The number of para-hydroxylation sites is 1. The van der Waals surface area contributed by atoms with Crippen molar-refractivity contribution in [2.75, 3.05) is 11.4 Å². The normalized spacial score (nSPS) is 16.6. The highest BCUT2D eigenvalue weighted by molar-refractivity contribution is 5.56. The van der Waals surface area contributed by atoms with Gasteiger partial charge in [0.15, 0.2) is 0 Å². The van der Waals surface area contributed by atoms with E-state index in [2.05, 4.69) is 43.0 Å². The molecule has 1 aliphatic carbocycles. The van der Waals surface area contributed by atoms with Crippen LogP contribution in [0.25, 0.3) is 0 Å². The second-order valence-electron chi connectivity index (χ2n) is 5.35. The van der Waals surface area contributed by atoms with Crippen LogP contribution in [-0.4, -0.2) is 12.6 Å². The molecular formula is C16H26N2. The van der Waals surface area contributed by atoms with Crippen molar-refractivity contribution >= 4 is 5.69 Å². The third kappa shape index (κ3) is 3.05. The molecule has 1 saturated carbocycles. The summed E-state index contributed by atoms with van der Waals surface area (Å²) in [4.78, 5) is 2.59. The van der Waals surface area contributed by atoms with Gasteiger partial charge in [0.25, 0.3) is 0 Å². The third-order valence-corrected chi connectivity index (χ3v) is 3.83. The van der Waals surface area contributed by atoms with Crippen LogP contribution < -0.4 is 10.6 Å². The quantitative estimate of drug-likeness (QED) is 0.791. The molecule has 1 aromatic rings. The van der Waals surface area contributed by atoms with E-state index in [0.717, 1.165) is 12.5 Å². The van der Waals surface area contributed by atoms with E-state index in [9.17, 15) is 0 Å². The molecule has 0 aromatic heterocycles. The highest BCUT2D eigenvalue weighted by Crippen LogP contribution is 2.35. The third-order valence-electron chi connectivity index (χ3n) is 3.83. The minimum atomic E-state index is 0.170. The van der Waals surface area contributed by atoms with E-state index in [1.54, 1.807) is 0 Å². The molecule has 1 aliphatic rings. The predicted molar refractivity (Wildman–Crippen MR) is 78.9 cm³/mol. The van der Waals surface area contributed by atoms with Crippen LogP contribution in [0.5, 0.6) is 0 Å². The van der Waals surface area contributed by atoms with Crippen LogP contribution in [0.15, 0.2) is 24.3 Å². The average Bonchev–Trinajstić information content (AvgIpc) is 3.23. The summed E-state index contributed by atoms with van der Waals surface area (Å²) in [7, 11) is 0. The lowest BCUT2D eigenvalue weighted by atomic mass is 10.0. The van der Waals surface area contributed by atoms with Gasteiger partial charge in [0.2, 0.25) is 0 Å². The second kappa shape index (κ2) is 6.24. The van der Waals surface area contributed by atoms with Crippen LogP contribution in [0, 0.1) is 0 Å². The van der Waals surface area contributed by atoms with Crippen molar-refractivity contribution in [2.24, 2.45) is 5.73 Å². The van der Waals surface area contributed by atoms with Crippen LogP contribution in [0.3, 0.4) is 0 Å². The van der Waals surface area contributed by atoms with E-state index < -0.39 is 0 Å². The highest BCUT2D eigenvalue weighted by atomic mass is 15.2. The van der Waals surface area contributed by atoms with Crippen LogP contribution in [0.1, 0.15) is 57.6 Å². The molecule has 0 saturated heterocycles. The Bertz CT molecular complexity index is 371. The van der Waals surface area contributed by atoms with Gasteiger partial charge in [-0.2, -0.15) is 0 Å². The largest absolute Gasteiger partial charge is 0.368 e. The van der Waals surface area contributed by atoms with Gasteiger partial charge in [-0.1, -0.05) is 38.5 Å². The Labute approximate surface area is 111 Å². The minimum absolute atomic E-state index is 0.170. The van der Waals surface area contributed by atoms with Gasteiger partial charge in [-0.15, -0.1) is 0 Å². The van der Waals surface area contributed by atoms with Crippen molar-refractivity contribution in [1.29, 1.82) is 0 Å². The molecule has 0 radical (unpaired) electrons. The van der Waals surface area contributed by atoms with Crippen molar-refractivity contribution in [3.8, 4) is 0 Å². The summed E-state index contributed by atoms with van der Waals surface area (Å²) < 4.78 is 0. The fourth-order valence-electron chi connectivity index (χ4n) is 2.50. The van der Waals surface area contributed by atoms with Gasteiger partial charge in [0, 0.05) is 24.3 Å². The van der Waals surface area contributed by atoms with Crippen LogP contribution in [0.2, 0.25) is 0 Å². The lowest BCUT2D eigenvalue weighted by Gasteiger charge is -2.28. The first-order valence-corrected chi connectivity index (χ1v) is 7.39. The summed E-state index contributed by atoms with van der Waals surface area (Å²) in [6.45, 7) is 5.60. The van der Waals surface area contributed by atoms with Gasteiger partial charge in [-0.25, -0.2) is 0 Å². The molecule has 0 spiro atoms. The lowest BCUT2D eigenvalue weighted by Crippen LogP contribution is -2.29. The van der Waals surface area contributed by atoms with Crippen LogP contribution >= 0.6 is 0 Å². The molecule has 2 heteroatoms. The molecule has 2 N–H and O–H groups in total. The van der Waals surface area contributed by atoms with Gasteiger partial charge in [0.05, 0.1) is 0 Å². The fourth-order valence-corrected chi connectivity index (χ4v) is 2.50. The zero-order chi connectivity index (χ0) is 13.0. The number of nitrogens with zero attached hydrogens (tertiary/aromatic N) is 1. The van der Waals surface area contributed by atoms with Crippen molar-refractivity contribution in [3.05, 3.63) is 29.8 Å². The number of benzene rings is 1. The van der Waals surface area contributed by atoms with E-state index in [0.29, 0.717) is 0 Å². The summed E-state index contributed by atoms with van der Waals surface area (Å²) in [5.74, 6) is 0. The van der Waals surface area contributed by atoms with Gasteiger partial charge in [-0.05, 0) is 37.3 Å². The van der Waals surface area contributed by atoms with Crippen LogP contribution in [0.4, 0.5) is 5.69 Å². The summed E-state index contributed by atoms with van der Waals surface area (Å²) in [5, 5.41) is 0. The molecule has 18 heavy (non-hydrogen) atoms. The molecule has 2 rings (SSSR count). The van der Waals surface area contributed by atoms with Crippen molar-refractivity contribution in [2.45, 2.75) is 58.0 Å². The molecule has 0 bridgehead atoms. The predicted octanol–water partition coefficient (Wildman–Crippen LogP) is 3.87. The maximum absolute atomic E-state index is 6.26. The smallest absolute Gasteiger partial charge is 0.0417 e. The Morgan fingerprint density at radius 3 is 2.61 bits per heavy atom.